The minimum absolute atomic E-state index is 0.0846. The molecule has 3 aromatic rings. The zero-order valence-electron chi connectivity index (χ0n) is 14.0. The van der Waals surface area contributed by atoms with Crippen molar-refractivity contribution in [2.75, 3.05) is 0 Å². The summed E-state index contributed by atoms with van der Waals surface area (Å²) < 4.78 is 43.9. The van der Waals surface area contributed by atoms with Gasteiger partial charge in [-0.15, -0.1) is 0 Å². The normalized spacial score (nSPS) is 11.1. The predicted molar refractivity (Wildman–Crippen MR) is 93.4 cm³/mol. The standard InChI is InChI=1S/C20H15F3N2O2/c21-20(22,23)16-6-2-8-18(11-16)27-17-7-1-4-14(10-17)12-25-19(26)15-5-3-9-24-13-15/h1-11,13H,12H2,(H,25,26). The average molecular weight is 372 g/mol. The summed E-state index contributed by atoms with van der Waals surface area (Å²) in [5, 5.41) is 2.75. The first-order valence-corrected chi connectivity index (χ1v) is 8.04. The van der Waals surface area contributed by atoms with Crippen LogP contribution in [-0.4, -0.2) is 10.9 Å². The third-order valence-corrected chi connectivity index (χ3v) is 3.67. The van der Waals surface area contributed by atoms with Crippen molar-refractivity contribution in [3.8, 4) is 11.5 Å². The van der Waals surface area contributed by atoms with Crippen molar-refractivity contribution in [2.24, 2.45) is 0 Å². The molecule has 0 bridgehead atoms. The highest BCUT2D eigenvalue weighted by molar-refractivity contribution is 5.93. The van der Waals surface area contributed by atoms with Gasteiger partial charge in [0.2, 0.25) is 0 Å². The number of aromatic nitrogens is 1. The Morgan fingerprint density at radius 2 is 1.74 bits per heavy atom. The summed E-state index contributed by atoms with van der Waals surface area (Å²) in [6, 6.07) is 14.7. The van der Waals surface area contributed by atoms with Gasteiger partial charge in [-0.25, -0.2) is 0 Å². The highest BCUT2D eigenvalue weighted by Gasteiger charge is 2.30. The third-order valence-electron chi connectivity index (χ3n) is 3.67. The van der Waals surface area contributed by atoms with E-state index < -0.39 is 11.7 Å². The van der Waals surface area contributed by atoms with Gasteiger partial charge < -0.3 is 10.1 Å². The molecule has 0 spiro atoms. The number of halogens is 3. The van der Waals surface area contributed by atoms with Crippen molar-refractivity contribution in [3.05, 3.63) is 89.7 Å². The lowest BCUT2D eigenvalue weighted by molar-refractivity contribution is -0.137. The van der Waals surface area contributed by atoms with Crippen molar-refractivity contribution in [2.45, 2.75) is 12.7 Å². The number of ether oxygens (including phenoxy) is 1. The molecule has 138 valence electrons. The number of amides is 1. The summed E-state index contributed by atoms with van der Waals surface area (Å²) in [4.78, 5) is 15.9. The molecule has 1 aromatic heterocycles. The zero-order chi connectivity index (χ0) is 19.3. The molecule has 0 aliphatic carbocycles. The molecule has 0 fully saturated rings. The van der Waals surface area contributed by atoms with Gasteiger partial charge in [0, 0.05) is 18.9 Å². The summed E-state index contributed by atoms with van der Waals surface area (Å²) in [5.41, 5.74) is 0.408. The van der Waals surface area contributed by atoms with Crippen LogP contribution in [0, 0.1) is 0 Å². The van der Waals surface area contributed by atoms with Crippen LogP contribution in [0.3, 0.4) is 0 Å². The fourth-order valence-electron chi connectivity index (χ4n) is 2.37. The fourth-order valence-corrected chi connectivity index (χ4v) is 2.37. The first-order chi connectivity index (χ1) is 12.9. The molecule has 0 aliphatic rings. The van der Waals surface area contributed by atoms with Gasteiger partial charge in [-0.3, -0.25) is 9.78 Å². The fraction of sp³-hybridized carbons (Fsp3) is 0.100. The maximum absolute atomic E-state index is 12.8. The molecule has 0 radical (unpaired) electrons. The van der Waals surface area contributed by atoms with Crippen LogP contribution in [0.25, 0.3) is 0 Å². The molecule has 7 heteroatoms. The van der Waals surface area contributed by atoms with Crippen molar-refractivity contribution >= 4 is 5.91 Å². The number of nitrogens with zero attached hydrogens (tertiary/aromatic N) is 1. The van der Waals surface area contributed by atoms with E-state index in [-0.39, 0.29) is 18.2 Å². The minimum atomic E-state index is -4.43. The maximum Gasteiger partial charge on any atom is 0.416 e. The van der Waals surface area contributed by atoms with Gasteiger partial charge in [-0.2, -0.15) is 13.2 Å². The van der Waals surface area contributed by atoms with E-state index in [1.807, 2.05) is 0 Å². The van der Waals surface area contributed by atoms with Gasteiger partial charge in [0.25, 0.3) is 5.91 Å². The van der Waals surface area contributed by atoms with Gasteiger partial charge in [0.1, 0.15) is 11.5 Å². The van der Waals surface area contributed by atoms with E-state index in [0.717, 1.165) is 17.7 Å². The van der Waals surface area contributed by atoms with Gasteiger partial charge in [0.15, 0.2) is 0 Å². The summed E-state index contributed by atoms with van der Waals surface area (Å²) >= 11 is 0. The molecule has 0 unspecified atom stereocenters. The van der Waals surface area contributed by atoms with E-state index in [2.05, 4.69) is 10.3 Å². The Kier molecular flexibility index (Phi) is 5.40. The maximum atomic E-state index is 12.8. The number of carbonyl (C=O) groups excluding carboxylic acids is 1. The molecule has 0 saturated carbocycles. The quantitative estimate of drug-likeness (QED) is 0.698. The molecular formula is C20H15F3N2O2. The summed E-state index contributed by atoms with van der Waals surface area (Å²) in [5.74, 6) is 0.191. The van der Waals surface area contributed by atoms with Crippen LogP contribution in [0.2, 0.25) is 0 Å². The molecule has 1 heterocycles. The molecular weight excluding hydrogens is 357 g/mol. The van der Waals surface area contributed by atoms with Crippen LogP contribution in [0.4, 0.5) is 13.2 Å². The number of pyridine rings is 1. The number of benzene rings is 2. The van der Waals surface area contributed by atoms with E-state index in [1.165, 1.54) is 18.3 Å². The molecule has 0 atom stereocenters. The van der Waals surface area contributed by atoms with Crippen LogP contribution >= 0.6 is 0 Å². The van der Waals surface area contributed by atoms with Crippen LogP contribution in [0.15, 0.2) is 73.1 Å². The first-order valence-electron chi connectivity index (χ1n) is 8.04. The van der Waals surface area contributed by atoms with Crippen LogP contribution in [-0.2, 0) is 12.7 Å². The van der Waals surface area contributed by atoms with Crippen LogP contribution in [0.1, 0.15) is 21.5 Å². The molecule has 1 amide bonds. The smallest absolute Gasteiger partial charge is 0.416 e. The van der Waals surface area contributed by atoms with Gasteiger partial charge >= 0.3 is 6.18 Å². The van der Waals surface area contributed by atoms with E-state index in [9.17, 15) is 18.0 Å². The average Bonchev–Trinajstić information content (AvgIpc) is 2.67. The Balaban J connectivity index is 1.66. The lowest BCUT2D eigenvalue weighted by atomic mass is 10.2. The molecule has 0 saturated heterocycles. The highest BCUT2D eigenvalue weighted by atomic mass is 19.4. The largest absolute Gasteiger partial charge is 0.457 e. The van der Waals surface area contributed by atoms with Crippen molar-refractivity contribution < 1.29 is 22.7 Å². The van der Waals surface area contributed by atoms with Gasteiger partial charge in [0.05, 0.1) is 11.1 Å². The van der Waals surface area contributed by atoms with E-state index in [4.69, 9.17) is 4.74 Å². The SMILES string of the molecule is O=C(NCc1cccc(Oc2cccc(C(F)(F)F)c2)c1)c1cccnc1. The second-order valence-corrected chi connectivity index (χ2v) is 5.70. The Hall–Kier alpha value is -3.35. The summed E-state index contributed by atoms with van der Waals surface area (Å²) in [6.07, 6.45) is -1.40. The molecule has 3 rings (SSSR count). The zero-order valence-corrected chi connectivity index (χ0v) is 14.0. The number of hydrogen-bond acceptors (Lipinski definition) is 3. The predicted octanol–water partition coefficient (Wildman–Crippen LogP) is 4.82. The summed E-state index contributed by atoms with van der Waals surface area (Å²) in [6.45, 7) is 0.244. The number of carbonyl (C=O) groups is 1. The van der Waals surface area contributed by atoms with Crippen molar-refractivity contribution in [1.29, 1.82) is 0 Å². The monoisotopic (exact) mass is 372 g/mol. The molecule has 2 aromatic carbocycles. The molecule has 4 nitrogen and oxygen atoms in total. The number of nitrogens with one attached hydrogen (secondary N) is 1. The Bertz CT molecular complexity index is 928. The van der Waals surface area contributed by atoms with E-state index >= 15 is 0 Å². The molecule has 0 aliphatic heterocycles. The van der Waals surface area contributed by atoms with E-state index in [0.29, 0.717) is 11.3 Å². The number of hydrogen-bond donors (Lipinski definition) is 1. The van der Waals surface area contributed by atoms with Crippen molar-refractivity contribution in [1.82, 2.24) is 10.3 Å². The highest BCUT2D eigenvalue weighted by Crippen LogP contribution is 2.32. The lowest BCUT2D eigenvalue weighted by Gasteiger charge is -2.11. The Morgan fingerprint density at radius 1 is 1.00 bits per heavy atom. The Morgan fingerprint density at radius 3 is 2.44 bits per heavy atom. The number of rotatable bonds is 5. The molecule has 1 N–H and O–H groups in total. The van der Waals surface area contributed by atoms with Gasteiger partial charge in [-0.1, -0.05) is 18.2 Å². The Labute approximate surface area is 153 Å². The number of alkyl halides is 3. The molecule has 27 heavy (non-hydrogen) atoms. The van der Waals surface area contributed by atoms with E-state index in [1.54, 1.807) is 42.6 Å². The third kappa shape index (κ3) is 5.07. The van der Waals surface area contributed by atoms with Crippen LogP contribution in [0.5, 0.6) is 11.5 Å². The second-order valence-electron chi connectivity index (χ2n) is 5.70. The lowest BCUT2D eigenvalue weighted by Crippen LogP contribution is -2.22. The second kappa shape index (κ2) is 7.90. The van der Waals surface area contributed by atoms with Gasteiger partial charge in [-0.05, 0) is 48.0 Å². The topological polar surface area (TPSA) is 51.2 Å². The minimum Gasteiger partial charge on any atom is -0.457 e. The summed E-state index contributed by atoms with van der Waals surface area (Å²) in [7, 11) is 0. The first kappa shape index (κ1) is 18.4. The van der Waals surface area contributed by atoms with Crippen LogP contribution < -0.4 is 10.1 Å². The van der Waals surface area contributed by atoms with Crippen molar-refractivity contribution in [3.63, 3.8) is 0 Å².